The summed E-state index contributed by atoms with van der Waals surface area (Å²) in [6.07, 6.45) is 1.16. The second-order valence-electron chi connectivity index (χ2n) is 3.13. The predicted molar refractivity (Wildman–Crippen MR) is 55.8 cm³/mol. The van der Waals surface area contributed by atoms with Crippen molar-refractivity contribution in [2.45, 2.75) is 0 Å². The minimum atomic E-state index is -0.933. The Morgan fingerprint density at radius 2 is 1.88 bits per heavy atom. The number of hydrogen-bond donors (Lipinski definition) is 0. The van der Waals surface area contributed by atoms with Crippen LogP contribution in [0.5, 0.6) is 0 Å². The Kier molecular flexibility index (Phi) is 2.75. The molecule has 82 valence electrons. The van der Waals surface area contributed by atoms with Crippen LogP contribution < -0.4 is 4.73 Å². The lowest BCUT2D eigenvalue weighted by Gasteiger charge is -2.06. The maximum Gasteiger partial charge on any atom is 0.229 e. The van der Waals surface area contributed by atoms with Gasteiger partial charge in [0, 0.05) is 12.1 Å². The molecule has 0 radical (unpaired) electrons. The van der Waals surface area contributed by atoms with Gasteiger partial charge in [0.2, 0.25) is 5.69 Å². The SMILES string of the molecule is [O-][n+]1ccccc1-c1c(F)ccc(Cl)c1F. The van der Waals surface area contributed by atoms with Gasteiger partial charge in [-0.15, -0.1) is 0 Å². The molecule has 0 amide bonds. The van der Waals surface area contributed by atoms with Crippen LogP contribution in [0, 0.1) is 16.8 Å². The summed E-state index contributed by atoms with van der Waals surface area (Å²) in [5.41, 5.74) is -0.525. The molecule has 0 spiro atoms. The highest BCUT2D eigenvalue weighted by atomic mass is 35.5. The number of benzene rings is 1. The van der Waals surface area contributed by atoms with Crippen molar-refractivity contribution in [1.29, 1.82) is 0 Å². The van der Waals surface area contributed by atoms with Gasteiger partial charge in [0.15, 0.2) is 12.0 Å². The second kappa shape index (κ2) is 4.06. The van der Waals surface area contributed by atoms with Crippen molar-refractivity contribution in [2.75, 3.05) is 0 Å². The molecule has 1 aromatic carbocycles. The average molecular weight is 242 g/mol. The highest BCUT2D eigenvalue weighted by molar-refractivity contribution is 6.31. The first kappa shape index (κ1) is 10.8. The van der Waals surface area contributed by atoms with Gasteiger partial charge in [0.1, 0.15) is 11.4 Å². The molecule has 2 nitrogen and oxygen atoms in total. The van der Waals surface area contributed by atoms with Crippen molar-refractivity contribution in [1.82, 2.24) is 0 Å². The number of pyridine rings is 1. The molecular weight excluding hydrogens is 236 g/mol. The second-order valence-corrected chi connectivity index (χ2v) is 3.54. The first-order chi connectivity index (χ1) is 7.61. The third kappa shape index (κ3) is 1.72. The van der Waals surface area contributed by atoms with Crippen LogP contribution in [-0.2, 0) is 0 Å². The van der Waals surface area contributed by atoms with Crippen molar-refractivity contribution < 1.29 is 13.5 Å². The Balaban J connectivity index is 2.74. The lowest BCUT2D eigenvalue weighted by Crippen LogP contribution is -2.28. The van der Waals surface area contributed by atoms with E-state index in [1.807, 2.05) is 0 Å². The number of hydrogen-bond acceptors (Lipinski definition) is 1. The topological polar surface area (TPSA) is 26.9 Å². The summed E-state index contributed by atoms with van der Waals surface area (Å²) in [6.45, 7) is 0. The largest absolute Gasteiger partial charge is 0.618 e. The molecule has 0 N–H and O–H groups in total. The van der Waals surface area contributed by atoms with Gasteiger partial charge >= 0.3 is 0 Å². The molecule has 16 heavy (non-hydrogen) atoms. The van der Waals surface area contributed by atoms with Crippen LogP contribution >= 0.6 is 11.6 Å². The van der Waals surface area contributed by atoms with Crippen LogP contribution in [-0.4, -0.2) is 0 Å². The van der Waals surface area contributed by atoms with Gasteiger partial charge in [-0.25, -0.2) is 8.78 Å². The lowest BCUT2D eigenvalue weighted by atomic mass is 10.1. The van der Waals surface area contributed by atoms with E-state index in [0.717, 1.165) is 18.3 Å². The van der Waals surface area contributed by atoms with Crippen molar-refractivity contribution in [2.24, 2.45) is 0 Å². The van der Waals surface area contributed by atoms with Gasteiger partial charge in [-0.3, -0.25) is 0 Å². The van der Waals surface area contributed by atoms with E-state index in [1.54, 1.807) is 0 Å². The van der Waals surface area contributed by atoms with Crippen LogP contribution in [0.15, 0.2) is 36.5 Å². The number of nitrogens with zero attached hydrogens (tertiary/aromatic N) is 1. The van der Waals surface area contributed by atoms with Crippen LogP contribution in [0.1, 0.15) is 0 Å². The van der Waals surface area contributed by atoms with Crippen molar-refractivity contribution >= 4 is 11.6 Å². The molecule has 2 aromatic rings. The molecule has 0 fully saturated rings. The van der Waals surface area contributed by atoms with Crippen molar-refractivity contribution in [3.8, 4) is 11.3 Å². The summed E-state index contributed by atoms with van der Waals surface area (Å²) in [5, 5.41) is 11.2. The third-order valence-electron chi connectivity index (χ3n) is 2.12. The van der Waals surface area contributed by atoms with Gasteiger partial charge in [-0.1, -0.05) is 11.6 Å². The van der Waals surface area contributed by atoms with E-state index in [1.165, 1.54) is 18.2 Å². The van der Waals surface area contributed by atoms with E-state index in [-0.39, 0.29) is 10.7 Å². The van der Waals surface area contributed by atoms with E-state index in [4.69, 9.17) is 11.6 Å². The quantitative estimate of drug-likeness (QED) is 0.428. The van der Waals surface area contributed by atoms with E-state index in [2.05, 4.69) is 0 Å². The maximum absolute atomic E-state index is 13.6. The minimum Gasteiger partial charge on any atom is -0.618 e. The minimum absolute atomic E-state index is 0.111. The predicted octanol–water partition coefficient (Wildman–Crippen LogP) is 2.92. The Labute approximate surface area is 95.3 Å². The first-order valence-electron chi connectivity index (χ1n) is 4.43. The summed E-state index contributed by atoms with van der Waals surface area (Å²) in [7, 11) is 0. The molecule has 1 aromatic heterocycles. The third-order valence-corrected chi connectivity index (χ3v) is 2.42. The average Bonchev–Trinajstić information content (AvgIpc) is 2.27. The fraction of sp³-hybridized carbons (Fsp3) is 0. The number of aromatic nitrogens is 1. The molecule has 0 unspecified atom stereocenters. The Morgan fingerprint density at radius 1 is 1.12 bits per heavy atom. The van der Waals surface area contributed by atoms with Crippen LogP contribution in [0.3, 0.4) is 0 Å². The van der Waals surface area contributed by atoms with E-state index in [0.29, 0.717) is 4.73 Å². The molecular formula is C11H6ClF2NO. The summed E-state index contributed by atoms with van der Waals surface area (Å²) in [6, 6.07) is 6.44. The molecule has 0 saturated heterocycles. The molecule has 5 heteroatoms. The Morgan fingerprint density at radius 3 is 2.56 bits per heavy atom. The summed E-state index contributed by atoms with van der Waals surface area (Å²) < 4.78 is 27.4. The number of rotatable bonds is 1. The molecule has 0 saturated carbocycles. The fourth-order valence-electron chi connectivity index (χ4n) is 1.38. The normalized spacial score (nSPS) is 10.4. The Bertz CT molecular complexity index is 546. The zero-order chi connectivity index (χ0) is 11.7. The van der Waals surface area contributed by atoms with Gasteiger partial charge in [-0.05, 0) is 18.2 Å². The zero-order valence-corrected chi connectivity index (χ0v) is 8.71. The summed E-state index contributed by atoms with van der Waals surface area (Å²) in [4.78, 5) is 0. The van der Waals surface area contributed by atoms with E-state index >= 15 is 0 Å². The van der Waals surface area contributed by atoms with E-state index < -0.39 is 17.2 Å². The monoisotopic (exact) mass is 241 g/mol. The molecule has 0 aliphatic carbocycles. The van der Waals surface area contributed by atoms with E-state index in [9.17, 15) is 14.0 Å². The van der Waals surface area contributed by atoms with Crippen LogP contribution in [0.2, 0.25) is 5.02 Å². The van der Waals surface area contributed by atoms with Gasteiger partial charge < -0.3 is 5.21 Å². The molecule has 1 heterocycles. The summed E-state index contributed by atoms with van der Waals surface area (Å²) in [5.74, 6) is -1.75. The molecule has 0 aliphatic rings. The van der Waals surface area contributed by atoms with Crippen molar-refractivity contribution in [3.63, 3.8) is 0 Å². The highest BCUT2D eigenvalue weighted by Crippen LogP contribution is 2.28. The highest BCUT2D eigenvalue weighted by Gasteiger charge is 2.20. The standard InChI is InChI=1S/C11H6ClF2NO/c12-7-4-5-8(13)10(11(7)14)9-3-1-2-6-15(9)16/h1-6H. The van der Waals surface area contributed by atoms with Crippen LogP contribution in [0.25, 0.3) is 11.3 Å². The van der Waals surface area contributed by atoms with Gasteiger partial charge in [0.25, 0.3) is 0 Å². The lowest BCUT2D eigenvalue weighted by molar-refractivity contribution is -0.593. The summed E-state index contributed by atoms with van der Waals surface area (Å²) >= 11 is 5.54. The maximum atomic E-state index is 13.6. The molecule has 0 bridgehead atoms. The smallest absolute Gasteiger partial charge is 0.229 e. The fourth-order valence-corrected chi connectivity index (χ4v) is 1.54. The Hall–Kier alpha value is -1.68. The van der Waals surface area contributed by atoms with Crippen LogP contribution in [0.4, 0.5) is 8.78 Å². The molecule has 0 aliphatic heterocycles. The van der Waals surface area contributed by atoms with Gasteiger partial charge in [0.05, 0.1) is 5.02 Å². The number of halogens is 3. The van der Waals surface area contributed by atoms with Gasteiger partial charge in [-0.2, -0.15) is 4.73 Å². The molecule has 0 atom stereocenters. The van der Waals surface area contributed by atoms with Crippen molar-refractivity contribution in [3.05, 3.63) is 58.4 Å². The first-order valence-corrected chi connectivity index (χ1v) is 4.81. The zero-order valence-electron chi connectivity index (χ0n) is 7.95. The molecule has 2 rings (SSSR count).